The second kappa shape index (κ2) is 6.87. The summed E-state index contributed by atoms with van der Waals surface area (Å²) in [6.07, 6.45) is 5.08. The Bertz CT molecular complexity index is 347. The summed E-state index contributed by atoms with van der Waals surface area (Å²) in [5, 5.41) is 11.3. The number of hydrogen-bond donors (Lipinski definition) is 2. The maximum absolute atomic E-state index is 5.46. The van der Waals surface area contributed by atoms with Crippen molar-refractivity contribution >= 4 is 0 Å². The lowest BCUT2D eigenvalue weighted by molar-refractivity contribution is 0.0712. The largest absolute Gasteiger partial charge is 0.379 e. The van der Waals surface area contributed by atoms with Crippen LogP contribution in [0.2, 0.25) is 0 Å². The first-order valence-electron chi connectivity index (χ1n) is 6.77. The van der Waals surface area contributed by atoms with Crippen molar-refractivity contribution in [3.05, 3.63) is 18.0 Å². The summed E-state index contributed by atoms with van der Waals surface area (Å²) >= 11 is 0. The predicted octanol–water partition coefficient (Wildman–Crippen LogP) is 0.548. The first-order valence-corrected chi connectivity index (χ1v) is 6.77. The highest BCUT2D eigenvalue weighted by Crippen LogP contribution is 2.02. The molecule has 0 radical (unpaired) electrons. The van der Waals surface area contributed by atoms with Crippen molar-refractivity contribution in [1.29, 1.82) is 0 Å². The highest BCUT2D eigenvalue weighted by Gasteiger charge is 2.15. The maximum atomic E-state index is 5.46. The van der Waals surface area contributed by atoms with Gasteiger partial charge in [-0.1, -0.05) is 0 Å². The summed E-state index contributed by atoms with van der Waals surface area (Å²) in [4.78, 5) is 0. The van der Waals surface area contributed by atoms with E-state index in [2.05, 4.69) is 35.8 Å². The van der Waals surface area contributed by atoms with Crippen LogP contribution in [0.5, 0.6) is 0 Å². The Morgan fingerprint density at radius 3 is 3.22 bits per heavy atom. The zero-order valence-electron chi connectivity index (χ0n) is 11.4. The third-order valence-electron chi connectivity index (χ3n) is 3.23. The van der Waals surface area contributed by atoms with Crippen LogP contribution in [0, 0.1) is 6.92 Å². The fourth-order valence-electron chi connectivity index (χ4n) is 2.30. The second-order valence-electron chi connectivity index (χ2n) is 5.10. The van der Waals surface area contributed by atoms with Crippen LogP contribution in [0.25, 0.3) is 0 Å². The minimum Gasteiger partial charge on any atom is -0.379 e. The van der Waals surface area contributed by atoms with Gasteiger partial charge in [0.05, 0.1) is 26.0 Å². The van der Waals surface area contributed by atoms with Crippen molar-refractivity contribution in [2.45, 2.75) is 38.9 Å². The lowest BCUT2D eigenvalue weighted by atomic mass is 10.1. The third kappa shape index (κ3) is 4.40. The summed E-state index contributed by atoms with van der Waals surface area (Å²) in [6.45, 7) is 8.83. The molecule has 2 N–H and O–H groups in total. The molecular formula is C13H24N4O. The molecule has 0 bridgehead atoms. The fourth-order valence-corrected chi connectivity index (χ4v) is 2.30. The number of ether oxygens (including phenoxy) is 1. The van der Waals surface area contributed by atoms with Crippen molar-refractivity contribution in [3.8, 4) is 0 Å². The van der Waals surface area contributed by atoms with E-state index in [1.165, 1.54) is 5.56 Å². The Balaban J connectivity index is 1.60. The number of aromatic nitrogens is 2. The number of morpholine rings is 1. The lowest BCUT2D eigenvalue weighted by Crippen LogP contribution is -2.45. The zero-order valence-corrected chi connectivity index (χ0v) is 11.4. The summed E-state index contributed by atoms with van der Waals surface area (Å²) in [7, 11) is 0. The molecule has 0 aromatic carbocycles. The molecule has 1 aromatic heterocycles. The van der Waals surface area contributed by atoms with Gasteiger partial charge in [0.25, 0.3) is 0 Å². The molecule has 0 aliphatic carbocycles. The van der Waals surface area contributed by atoms with E-state index in [-0.39, 0.29) is 0 Å². The third-order valence-corrected chi connectivity index (χ3v) is 3.23. The maximum Gasteiger partial charge on any atom is 0.0620 e. The zero-order chi connectivity index (χ0) is 12.8. The van der Waals surface area contributed by atoms with Crippen LogP contribution in [0.4, 0.5) is 0 Å². The smallest absolute Gasteiger partial charge is 0.0620 e. The van der Waals surface area contributed by atoms with E-state index in [1.54, 1.807) is 0 Å². The highest BCUT2D eigenvalue weighted by molar-refractivity contribution is 4.99. The summed E-state index contributed by atoms with van der Waals surface area (Å²) in [5.74, 6) is 0. The van der Waals surface area contributed by atoms with E-state index in [0.29, 0.717) is 12.1 Å². The first-order chi connectivity index (χ1) is 8.74. The molecule has 0 saturated carbocycles. The summed E-state index contributed by atoms with van der Waals surface area (Å²) in [6, 6.07) is 0.994. The molecule has 2 heterocycles. The van der Waals surface area contributed by atoms with Gasteiger partial charge in [0.2, 0.25) is 0 Å². The van der Waals surface area contributed by atoms with Gasteiger partial charge in [-0.05, 0) is 25.8 Å². The second-order valence-corrected chi connectivity index (χ2v) is 5.10. The van der Waals surface area contributed by atoms with Crippen molar-refractivity contribution in [1.82, 2.24) is 20.4 Å². The Kier molecular flexibility index (Phi) is 5.16. The average Bonchev–Trinajstić information content (AvgIpc) is 2.76. The van der Waals surface area contributed by atoms with Crippen LogP contribution in [0.1, 0.15) is 18.9 Å². The van der Waals surface area contributed by atoms with Crippen LogP contribution in [0.3, 0.4) is 0 Å². The van der Waals surface area contributed by atoms with Crippen molar-refractivity contribution in [2.75, 3.05) is 26.3 Å². The monoisotopic (exact) mass is 252 g/mol. The highest BCUT2D eigenvalue weighted by atomic mass is 16.5. The molecule has 1 aliphatic heterocycles. The molecule has 1 saturated heterocycles. The van der Waals surface area contributed by atoms with E-state index in [9.17, 15) is 0 Å². The van der Waals surface area contributed by atoms with Gasteiger partial charge in [-0.15, -0.1) is 0 Å². The predicted molar refractivity (Wildman–Crippen MR) is 71.7 cm³/mol. The van der Waals surface area contributed by atoms with Crippen LogP contribution >= 0.6 is 0 Å². The number of rotatable bonds is 6. The molecule has 2 atom stereocenters. The Morgan fingerprint density at radius 1 is 1.67 bits per heavy atom. The van der Waals surface area contributed by atoms with Gasteiger partial charge >= 0.3 is 0 Å². The van der Waals surface area contributed by atoms with Crippen molar-refractivity contribution in [3.63, 3.8) is 0 Å². The molecule has 1 fully saturated rings. The molecule has 2 rings (SSSR count). The Labute approximate surface area is 109 Å². The standard InChI is InChI=1S/C13H24N4O/c1-11-8-16-17(9-11)5-3-14-12(2)7-13-10-18-6-4-15-13/h8-9,12-15H,3-7,10H2,1-2H3. The topological polar surface area (TPSA) is 51.1 Å². The molecule has 2 unspecified atom stereocenters. The van der Waals surface area contributed by atoms with Crippen LogP contribution in [-0.2, 0) is 11.3 Å². The van der Waals surface area contributed by atoms with Crippen molar-refractivity contribution < 1.29 is 4.74 Å². The quantitative estimate of drug-likeness (QED) is 0.776. The molecule has 5 heteroatoms. The van der Waals surface area contributed by atoms with Gasteiger partial charge in [0, 0.05) is 31.4 Å². The van der Waals surface area contributed by atoms with Crippen LogP contribution < -0.4 is 10.6 Å². The number of nitrogens with one attached hydrogen (secondary N) is 2. The Morgan fingerprint density at radius 2 is 2.56 bits per heavy atom. The van der Waals surface area contributed by atoms with E-state index in [4.69, 9.17) is 4.74 Å². The molecule has 5 nitrogen and oxygen atoms in total. The van der Waals surface area contributed by atoms with Crippen molar-refractivity contribution in [2.24, 2.45) is 0 Å². The van der Waals surface area contributed by atoms with Gasteiger partial charge in [-0.2, -0.15) is 5.10 Å². The van der Waals surface area contributed by atoms with E-state index >= 15 is 0 Å². The number of hydrogen-bond acceptors (Lipinski definition) is 4. The van der Waals surface area contributed by atoms with E-state index < -0.39 is 0 Å². The lowest BCUT2D eigenvalue weighted by Gasteiger charge is -2.26. The minimum atomic E-state index is 0.494. The van der Waals surface area contributed by atoms with Gasteiger partial charge in [0.15, 0.2) is 0 Å². The summed E-state index contributed by atoms with van der Waals surface area (Å²) < 4.78 is 7.44. The first kappa shape index (κ1) is 13.5. The van der Waals surface area contributed by atoms with E-state index in [0.717, 1.165) is 39.3 Å². The molecule has 1 aromatic rings. The fraction of sp³-hybridized carbons (Fsp3) is 0.769. The van der Waals surface area contributed by atoms with E-state index in [1.807, 2.05) is 10.9 Å². The minimum absolute atomic E-state index is 0.494. The molecule has 18 heavy (non-hydrogen) atoms. The molecule has 0 spiro atoms. The molecule has 102 valence electrons. The van der Waals surface area contributed by atoms with Gasteiger partial charge in [-0.25, -0.2) is 0 Å². The van der Waals surface area contributed by atoms with Gasteiger partial charge in [-0.3, -0.25) is 4.68 Å². The summed E-state index contributed by atoms with van der Waals surface area (Å²) in [5.41, 5.74) is 1.21. The number of nitrogens with zero attached hydrogens (tertiary/aromatic N) is 2. The molecule has 1 aliphatic rings. The average molecular weight is 252 g/mol. The SMILES string of the molecule is Cc1cnn(CCNC(C)CC2COCCN2)c1. The number of aryl methyl sites for hydroxylation is 1. The Hall–Kier alpha value is -0.910. The molecular weight excluding hydrogens is 228 g/mol. The van der Waals surface area contributed by atoms with Gasteiger partial charge < -0.3 is 15.4 Å². The normalized spacial score (nSPS) is 22.0. The van der Waals surface area contributed by atoms with Crippen LogP contribution in [-0.4, -0.2) is 48.2 Å². The van der Waals surface area contributed by atoms with Crippen LogP contribution in [0.15, 0.2) is 12.4 Å². The molecule has 0 amide bonds. The van der Waals surface area contributed by atoms with Gasteiger partial charge in [0.1, 0.15) is 0 Å².